The summed E-state index contributed by atoms with van der Waals surface area (Å²) < 4.78 is 5.80. The van der Waals surface area contributed by atoms with Crippen LogP contribution in [0.25, 0.3) is 0 Å². The molecule has 1 aromatic carbocycles. The molecule has 122 valence electrons. The van der Waals surface area contributed by atoms with Crippen LogP contribution in [-0.2, 0) is 11.2 Å². The minimum atomic E-state index is -0.537. The molecule has 6 nitrogen and oxygen atoms in total. The fourth-order valence-electron chi connectivity index (χ4n) is 2.89. The average molecular weight is 309 g/mol. The third-order valence-corrected chi connectivity index (χ3v) is 3.69. The molecule has 1 amide bonds. The number of likely N-dealkylation sites (N-methyl/N-ethyl adjacent to an activating group) is 1. The first-order valence-electron chi connectivity index (χ1n) is 7.36. The zero-order valence-corrected chi connectivity index (χ0v) is 13.8. The third kappa shape index (κ3) is 3.62. The summed E-state index contributed by atoms with van der Waals surface area (Å²) in [6.07, 6.45) is 0.147. The van der Waals surface area contributed by atoms with E-state index in [1.807, 2.05) is 34.9 Å². The number of rotatable bonds is 1. The van der Waals surface area contributed by atoms with Gasteiger partial charge in [0.15, 0.2) is 11.5 Å². The first-order valence-corrected chi connectivity index (χ1v) is 7.36. The van der Waals surface area contributed by atoms with Crippen molar-refractivity contribution in [3.63, 3.8) is 0 Å². The van der Waals surface area contributed by atoms with E-state index >= 15 is 0 Å². The number of phenolic OH excluding ortho intramolecular Hbond substituents is 2. The maximum Gasteiger partial charge on any atom is 0.408 e. The number of phenols is 2. The summed E-state index contributed by atoms with van der Waals surface area (Å²) in [4.78, 5) is 11.9. The van der Waals surface area contributed by atoms with E-state index in [9.17, 15) is 15.0 Å². The predicted octanol–water partition coefficient (Wildman–Crippen LogP) is 2.11. The number of nitrogens with one attached hydrogen (secondary N) is 1. The summed E-state index contributed by atoms with van der Waals surface area (Å²) in [5.41, 5.74) is 1.32. The van der Waals surface area contributed by atoms with Gasteiger partial charge in [0.1, 0.15) is 17.8 Å². The Bertz CT molecular complexity index is 591. The highest BCUT2D eigenvalue weighted by atomic mass is 16.6. The number of benzene rings is 1. The lowest BCUT2D eigenvalue weighted by Crippen LogP contribution is -2.56. The Labute approximate surface area is 130 Å². The summed E-state index contributed by atoms with van der Waals surface area (Å²) in [6, 6.07) is 3.06. The Kier molecular flexibility index (Phi) is 4.00. The van der Waals surface area contributed by atoms with Gasteiger partial charge >= 0.3 is 6.09 Å². The van der Waals surface area contributed by atoms with E-state index in [0.717, 1.165) is 11.3 Å². The number of fused-ring (bicyclic) bond motifs is 1. The highest BCUT2D eigenvalue weighted by Gasteiger charge is 2.36. The number of ether oxygens (including phenoxy) is 1. The lowest BCUT2D eigenvalue weighted by molar-refractivity contribution is 0.0494. The zero-order chi connectivity index (χ0) is 16.7. The van der Waals surface area contributed by atoms with Gasteiger partial charge in [-0.05, 0) is 26.8 Å². The Morgan fingerprint density at radius 1 is 1.27 bits per heavy atom. The number of alkyl carbamates (subject to hydrolysis) is 1. The molecule has 0 saturated heterocycles. The van der Waals surface area contributed by atoms with Crippen LogP contribution in [0.3, 0.4) is 0 Å². The van der Waals surface area contributed by atoms with Gasteiger partial charge in [-0.3, -0.25) is 4.48 Å². The number of amides is 1. The van der Waals surface area contributed by atoms with E-state index in [-0.39, 0.29) is 17.5 Å². The van der Waals surface area contributed by atoms with Crippen molar-refractivity contribution in [1.29, 1.82) is 0 Å². The number of hydrogen-bond acceptors (Lipinski definition) is 4. The Morgan fingerprint density at radius 3 is 2.45 bits per heavy atom. The molecular weight excluding hydrogens is 284 g/mol. The van der Waals surface area contributed by atoms with Crippen LogP contribution in [0.2, 0.25) is 0 Å². The molecule has 3 N–H and O–H groups in total. The number of quaternary nitrogens is 1. The fourth-order valence-corrected chi connectivity index (χ4v) is 2.89. The van der Waals surface area contributed by atoms with Gasteiger partial charge in [0.05, 0.1) is 20.1 Å². The molecule has 0 bridgehead atoms. The smallest absolute Gasteiger partial charge is 0.408 e. The van der Waals surface area contributed by atoms with Crippen LogP contribution < -0.4 is 9.80 Å². The average Bonchev–Trinajstić information content (AvgIpc) is 2.28. The van der Waals surface area contributed by atoms with Crippen molar-refractivity contribution in [1.82, 2.24) is 9.80 Å². The molecule has 2 rings (SSSR count). The molecular formula is C16H25N2O4+. The highest BCUT2D eigenvalue weighted by Crippen LogP contribution is 2.38. The van der Waals surface area contributed by atoms with Crippen molar-refractivity contribution in [3.8, 4) is 11.5 Å². The van der Waals surface area contributed by atoms with Gasteiger partial charge in [-0.2, -0.15) is 0 Å². The first kappa shape index (κ1) is 16.4. The second-order valence-electron chi connectivity index (χ2n) is 7.38. The summed E-state index contributed by atoms with van der Waals surface area (Å²) in [7, 11) is 4.00. The largest absolute Gasteiger partial charge is 0.504 e. The lowest BCUT2D eigenvalue weighted by atomic mass is 9.96. The van der Waals surface area contributed by atoms with Crippen LogP contribution in [0, 0.1) is 0 Å². The van der Waals surface area contributed by atoms with Crippen LogP contribution in [0.1, 0.15) is 26.3 Å². The van der Waals surface area contributed by atoms with Gasteiger partial charge in [0, 0.05) is 18.1 Å². The molecule has 0 saturated carbocycles. The summed E-state index contributed by atoms with van der Waals surface area (Å²) >= 11 is 0. The van der Waals surface area contributed by atoms with E-state index in [2.05, 4.69) is 5.32 Å². The number of carbonyl (C=O) groups excluding carboxylic acids is 1. The van der Waals surface area contributed by atoms with Gasteiger partial charge in [-0.1, -0.05) is 0 Å². The Balaban J connectivity index is 2.19. The summed E-state index contributed by atoms with van der Waals surface area (Å²) in [5.74, 6) is -0.264. The molecule has 1 aromatic rings. The first-order chi connectivity index (χ1) is 9.98. The Hall–Kier alpha value is -1.95. The van der Waals surface area contributed by atoms with E-state index < -0.39 is 11.7 Å². The van der Waals surface area contributed by atoms with E-state index in [4.69, 9.17) is 4.74 Å². The number of hydrogen-bond donors (Lipinski definition) is 3. The molecule has 6 heteroatoms. The molecule has 0 fully saturated rings. The van der Waals surface area contributed by atoms with E-state index in [1.165, 1.54) is 0 Å². The van der Waals surface area contributed by atoms with Gasteiger partial charge in [0.25, 0.3) is 0 Å². The molecule has 0 radical (unpaired) electrons. The number of carbonyl (C=O) groups is 1. The topological polar surface area (TPSA) is 78.8 Å². The van der Waals surface area contributed by atoms with E-state index in [0.29, 0.717) is 17.4 Å². The van der Waals surface area contributed by atoms with Crippen molar-refractivity contribution >= 4 is 11.8 Å². The maximum absolute atomic E-state index is 11.9. The standard InChI is InChI=1S/C16H24N2O4/c1-16(2,3)22-15(21)17-11-6-10-7-13(19)14(20)8-12(10)18(4,5)9-11/h7-8,11H,6,9H2,1-5H3,(H2-,17,19,20,21)/p+1. The molecule has 1 unspecified atom stereocenters. The molecule has 1 atom stereocenters. The zero-order valence-electron chi connectivity index (χ0n) is 13.8. The van der Waals surface area contributed by atoms with Crippen LogP contribution in [0.15, 0.2) is 12.1 Å². The molecule has 0 aliphatic carbocycles. The van der Waals surface area contributed by atoms with Crippen molar-refractivity contribution in [2.45, 2.75) is 38.8 Å². The van der Waals surface area contributed by atoms with Crippen LogP contribution in [-0.4, -0.2) is 48.6 Å². The van der Waals surface area contributed by atoms with E-state index in [1.54, 1.807) is 12.1 Å². The molecule has 0 spiro atoms. The fraction of sp³-hybridized carbons (Fsp3) is 0.562. The lowest BCUT2D eigenvalue weighted by Gasteiger charge is -2.39. The normalized spacial score (nSPS) is 20.1. The minimum absolute atomic E-state index is 0.0960. The number of nitrogens with zero attached hydrogens (tertiary/aromatic N) is 1. The second kappa shape index (κ2) is 5.35. The molecule has 0 aromatic heterocycles. The molecule has 1 heterocycles. The number of aromatic hydroxyl groups is 2. The summed E-state index contributed by atoms with van der Waals surface area (Å²) in [6.45, 7) is 6.15. The predicted molar refractivity (Wildman–Crippen MR) is 85.1 cm³/mol. The highest BCUT2D eigenvalue weighted by molar-refractivity contribution is 5.69. The molecule has 1 aliphatic heterocycles. The second-order valence-corrected chi connectivity index (χ2v) is 7.38. The minimum Gasteiger partial charge on any atom is -0.504 e. The molecule has 22 heavy (non-hydrogen) atoms. The van der Waals surface area contributed by atoms with Crippen molar-refractivity contribution in [2.75, 3.05) is 20.6 Å². The van der Waals surface area contributed by atoms with Gasteiger partial charge in [-0.15, -0.1) is 0 Å². The monoisotopic (exact) mass is 309 g/mol. The van der Waals surface area contributed by atoms with Crippen molar-refractivity contribution in [3.05, 3.63) is 17.7 Å². The van der Waals surface area contributed by atoms with Gasteiger partial charge in [0.2, 0.25) is 0 Å². The maximum atomic E-state index is 11.9. The van der Waals surface area contributed by atoms with Crippen molar-refractivity contribution in [2.24, 2.45) is 0 Å². The van der Waals surface area contributed by atoms with Crippen LogP contribution >= 0.6 is 0 Å². The van der Waals surface area contributed by atoms with Crippen LogP contribution in [0.5, 0.6) is 11.5 Å². The SMILES string of the molecule is CC(C)(C)OC(=O)NC1Cc2cc(O)c(O)cc2[N+](C)(C)C1. The quantitative estimate of drug-likeness (QED) is 0.548. The van der Waals surface area contributed by atoms with Gasteiger partial charge in [-0.25, -0.2) is 4.79 Å². The Morgan fingerprint density at radius 2 is 1.86 bits per heavy atom. The van der Waals surface area contributed by atoms with Crippen LogP contribution in [0.4, 0.5) is 10.5 Å². The summed E-state index contributed by atoms with van der Waals surface area (Å²) in [5, 5.41) is 22.3. The van der Waals surface area contributed by atoms with Crippen molar-refractivity contribution < 1.29 is 19.7 Å². The molecule has 1 aliphatic rings. The third-order valence-electron chi connectivity index (χ3n) is 3.69. The van der Waals surface area contributed by atoms with Gasteiger partial charge < -0.3 is 20.3 Å².